The Hall–Kier alpha value is -1.66. The van der Waals surface area contributed by atoms with Crippen LogP contribution in [-0.2, 0) is 6.54 Å². The molecule has 106 valence electrons. The Bertz CT molecular complexity index is 556. The van der Waals surface area contributed by atoms with Crippen molar-refractivity contribution < 1.29 is 0 Å². The molecular weight excluding hydrogens is 270 g/mol. The van der Waals surface area contributed by atoms with Gasteiger partial charge in [-0.25, -0.2) is 0 Å². The summed E-state index contributed by atoms with van der Waals surface area (Å²) in [6, 6.07) is 11.1. The molecule has 1 saturated heterocycles. The van der Waals surface area contributed by atoms with Gasteiger partial charge in [0.1, 0.15) is 0 Å². The topological polar surface area (TPSA) is 58.3 Å². The van der Waals surface area contributed by atoms with E-state index in [1.54, 1.807) is 0 Å². The summed E-state index contributed by atoms with van der Waals surface area (Å²) in [5, 5.41) is 0.939. The van der Waals surface area contributed by atoms with Crippen LogP contribution in [0.3, 0.4) is 0 Å². The van der Waals surface area contributed by atoms with E-state index < -0.39 is 0 Å². The molecule has 5 nitrogen and oxygen atoms in total. The van der Waals surface area contributed by atoms with Crippen LogP contribution in [0, 0.1) is 0 Å². The first kappa shape index (κ1) is 13.3. The van der Waals surface area contributed by atoms with Gasteiger partial charge in [-0.15, -0.1) is 0 Å². The molecule has 0 spiro atoms. The Morgan fingerprint density at radius 2 is 2.10 bits per heavy atom. The average Bonchev–Trinajstić information content (AvgIpc) is 2.89. The van der Waals surface area contributed by atoms with Crippen molar-refractivity contribution in [3.63, 3.8) is 0 Å². The summed E-state index contributed by atoms with van der Waals surface area (Å²) in [6.45, 7) is 6.26. The number of nitrogens with two attached hydrogens (primary N) is 1. The minimum Gasteiger partial charge on any atom is -0.367 e. The van der Waals surface area contributed by atoms with Gasteiger partial charge >= 0.3 is 0 Å². The first-order valence-electron chi connectivity index (χ1n) is 6.84. The van der Waals surface area contributed by atoms with Crippen molar-refractivity contribution in [1.82, 2.24) is 14.3 Å². The van der Waals surface area contributed by atoms with Crippen molar-refractivity contribution in [2.24, 2.45) is 0 Å². The second-order valence-corrected chi connectivity index (χ2v) is 5.92. The predicted octanol–water partition coefficient (Wildman–Crippen LogP) is 1.83. The van der Waals surface area contributed by atoms with Crippen LogP contribution in [0.4, 0.5) is 11.1 Å². The lowest BCUT2D eigenvalue weighted by atomic mass is 10.1. The molecule has 0 amide bonds. The zero-order valence-electron chi connectivity index (χ0n) is 11.6. The molecule has 0 saturated carbocycles. The van der Waals surface area contributed by atoms with E-state index in [2.05, 4.69) is 56.4 Å². The molecule has 1 unspecified atom stereocenters. The van der Waals surface area contributed by atoms with E-state index in [4.69, 9.17) is 5.73 Å². The van der Waals surface area contributed by atoms with Crippen molar-refractivity contribution in [1.29, 1.82) is 0 Å². The Morgan fingerprint density at radius 3 is 2.75 bits per heavy atom. The molecule has 6 heteroatoms. The second-order valence-electron chi connectivity index (χ2n) is 5.19. The lowest BCUT2D eigenvalue weighted by molar-refractivity contribution is 0.181. The molecule has 0 bridgehead atoms. The molecule has 1 fully saturated rings. The van der Waals surface area contributed by atoms with Crippen LogP contribution in [-0.4, -0.2) is 39.9 Å². The fourth-order valence-electron chi connectivity index (χ4n) is 2.58. The second kappa shape index (κ2) is 5.76. The summed E-state index contributed by atoms with van der Waals surface area (Å²) in [6.07, 6.45) is 0. The van der Waals surface area contributed by atoms with E-state index >= 15 is 0 Å². The fourth-order valence-corrected chi connectivity index (χ4v) is 3.21. The van der Waals surface area contributed by atoms with Gasteiger partial charge in [-0.1, -0.05) is 30.3 Å². The number of nitrogen functional groups attached to an aromatic ring is 1. The Labute approximate surface area is 123 Å². The quantitative estimate of drug-likeness (QED) is 0.934. The molecule has 2 N–H and O–H groups in total. The highest BCUT2D eigenvalue weighted by atomic mass is 32.1. The number of rotatable bonds is 3. The normalized spacial score (nSPS) is 20.2. The minimum atomic E-state index is 0.379. The fraction of sp³-hybridized carbons (Fsp3) is 0.429. The third kappa shape index (κ3) is 2.91. The third-order valence-electron chi connectivity index (χ3n) is 3.70. The van der Waals surface area contributed by atoms with E-state index in [0.717, 1.165) is 31.3 Å². The molecule has 1 aliphatic rings. The van der Waals surface area contributed by atoms with Gasteiger partial charge in [-0.05, 0) is 12.5 Å². The highest BCUT2D eigenvalue weighted by Gasteiger charge is 2.25. The first-order chi connectivity index (χ1) is 9.72. The molecule has 1 aliphatic heterocycles. The maximum atomic E-state index is 5.60. The summed E-state index contributed by atoms with van der Waals surface area (Å²) < 4.78 is 4.06. The molecule has 1 aromatic heterocycles. The third-order valence-corrected chi connectivity index (χ3v) is 4.49. The number of anilines is 2. The van der Waals surface area contributed by atoms with Gasteiger partial charge in [-0.3, -0.25) is 4.90 Å². The van der Waals surface area contributed by atoms with Crippen LogP contribution < -0.4 is 10.6 Å². The molecule has 0 aliphatic carbocycles. The summed E-state index contributed by atoms with van der Waals surface area (Å²) in [4.78, 5) is 9.06. The largest absolute Gasteiger partial charge is 0.367 e. The molecule has 1 atom stereocenters. The summed E-state index contributed by atoms with van der Waals surface area (Å²) in [5.74, 6) is 0.379. The zero-order chi connectivity index (χ0) is 13.9. The van der Waals surface area contributed by atoms with Crippen LogP contribution in [0.25, 0.3) is 0 Å². The summed E-state index contributed by atoms with van der Waals surface area (Å²) >= 11 is 1.38. The molecule has 1 aromatic carbocycles. The predicted molar refractivity (Wildman–Crippen MR) is 82.8 cm³/mol. The number of aromatic nitrogens is 2. The van der Waals surface area contributed by atoms with Gasteiger partial charge in [0, 0.05) is 43.8 Å². The molecule has 20 heavy (non-hydrogen) atoms. The average molecular weight is 289 g/mol. The van der Waals surface area contributed by atoms with Crippen molar-refractivity contribution in [3.8, 4) is 0 Å². The Morgan fingerprint density at radius 1 is 1.30 bits per heavy atom. The van der Waals surface area contributed by atoms with Crippen molar-refractivity contribution in [3.05, 3.63) is 35.9 Å². The lowest BCUT2D eigenvalue weighted by Crippen LogP contribution is -2.51. The monoisotopic (exact) mass is 289 g/mol. The van der Waals surface area contributed by atoms with E-state index in [0.29, 0.717) is 12.0 Å². The number of hydrogen-bond donors (Lipinski definition) is 1. The van der Waals surface area contributed by atoms with E-state index in [1.807, 2.05) is 0 Å². The standard InChI is InChI=1S/C14H19N5S/c1-11-9-19(14-16-13(15)17-20-14)8-7-18(11)10-12-5-3-2-4-6-12/h2-6,11H,7-10H2,1H3,(H2,15,17). The van der Waals surface area contributed by atoms with Crippen LogP contribution in [0.5, 0.6) is 0 Å². The summed E-state index contributed by atoms with van der Waals surface area (Å²) in [7, 11) is 0. The maximum absolute atomic E-state index is 5.60. The zero-order valence-corrected chi connectivity index (χ0v) is 12.4. The van der Waals surface area contributed by atoms with Crippen molar-refractivity contribution in [2.45, 2.75) is 19.5 Å². The lowest BCUT2D eigenvalue weighted by Gasteiger charge is -2.39. The van der Waals surface area contributed by atoms with E-state index in [-0.39, 0.29) is 0 Å². The van der Waals surface area contributed by atoms with Crippen molar-refractivity contribution >= 4 is 22.6 Å². The number of nitrogens with zero attached hydrogens (tertiary/aromatic N) is 4. The van der Waals surface area contributed by atoms with Crippen molar-refractivity contribution in [2.75, 3.05) is 30.3 Å². The van der Waals surface area contributed by atoms with Gasteiger partial charge in [0.2, 0.25) is 11.1 Å². The molecule has 2 heterocycles. The van der Waals surface area contributed by atoms with Gasteiger partial charge in [0.25, 0.3) is 0 Å². The van der Waals surface area contributed by atoms with Gasteiger partial charge in [0.05, 0.1) is 0 Å². The number of piperazine rings is 1. The molecular formula is C14H19N5S. The SMILES string of the molecule is CC1CN(c2nc(N)ns2)CCN1Cc1ccccc1. The Kier molecular flexibility index (Phi) is 3.84. The van der Waals surface area contributed by atoms with Gasteiger partial charge < -0.3 is 10.6 Å². The maximum Gasteiger partial charge on any atom is 0.233 e. The van der Waals surface area contributed by atoms with Crippen LogP contribution in [0.2, 0.25) is 0 Å². The smallest absolute Gasteiger partial charge is 0.233 e. The first-order valence-corrected chi connectivity index (χ1v) is 7.62. The highest BCUT2D eigenvalue weighted by Crippen LogP contribution is 2.22. The molecule has 3 rings (SSSR count). The number of benzene rings is 1. The van der Waals surface area contributed by atoms with Crippen LogP contribution in [0.15, 0.2) is 30.3 Å². The van der Waals surface area contributed by atoms with E-state index in [9.17, 15) is 0 Å². The van der Waals surface area contributed by atoms with Crippen LogP contribution >= 0.6 is 11.5 Å². The molecule has 2 aromatic rings. The van der Waals surface area contributed by atoms with Gasteiger partial charge in [0.15, 0.2) is 0 Å². The summed E-state index contributed by atoms with van der Waals surface area (Å²) in [5.41, 5.74) is 6.97. The van der Waals surface area contributed by atoms with E-state index in [1.165, 1.54) is 17.1 Å². The highest BCUT2D eigenvalue weighted by molar-refractivity contribution is 7.09. The number of hydrogen-bond acceptors (Lipinski definition) is 6. The molecule has 0 radical (unpaired) electrons. The Balaban J connectivity index is 1.62. The van der Waals surface area contributed by atoms with Gasteiger partial charge in [-0.2, -0.15) is 9.36 Å². The minimum absolute atomic E-state index is 0.379. The van der Waals surface area contributed by atoms with Crippen LogP contribution in [0.1, 0.15) is 12.5 Å².